The van der Waals surface area contributed by atoms with Crippen LogP contribution >= 0.6 is 11.6 Å². The molecule has 5 aromatic rings. The highest BCUT2D eigenvalue weighted by molar-refractivity contribution is 6.30. The van der Waals surface area contributed by atoms with E-state index in [1.165, 1.54) is 0 Å². The Labute approximate surface area is 161 Å². The molecule has 0 radical (unpaired) electrons. The number of aromatic amines is 2. The molecule has 2 N–H and O–H groups in total. The van der Waals surface area contributed by atoms with Gasteiger partial charge in [-0.3, -0.25) is 0 Å². The molecule has 3 nitrogen and oxygen atoms in total. The van der Waals surface area contributed by atoms with Gasteiger partial charge in [0.15, 0.2) is 0 Å². The predicted octanol–water partition coefficient (Wildman–Crippen LogP) is 6.55. The van der Waals surface area contributed by atoms with Gasteiger partial charge < -0.3 is 9.97 Å². The van der Waals surface area contributed by atoms with Gasteiger partial charge >= 0.3 is 0 Å². The highest BCUT2D eigenvalue weighted by Gasteiger charge is 2.17. The molecule has 0 aliphatic carbocycles. The van der Waals surface area contributed by atoms with Crippen LogP contribution in [0.5, 0.6) is 0 Å². The largest absolute Gasteiger partial charge is 0.360 e. The number of hydrogen-bond donors (Lipinski definition) is 2. The lowest BCUT2D eigenvalue weighted by Crippen LogP contribution is -1.83. The SMILES string of the molecule is Clc1cccc(-c2nc(-c3c[nH]c4ccccc34)[nH]c2-c2ccccc2)c1. The van der Waals surface area contributed by atoms with Crippen LogP contribution in [0.1, 0.15) is 0 Å². The van der Waals surface area contributed by atoms with E-state index in [1.54, 1.807) is 0 Å². The fourth-order valence-corrected chi connectivity index (χ4v) is 3.62. The molecule has 0 aliphatic rings. The maximum Gasteiger partial charge on any atom is 0.140 e. The third-order valence-electron chi connectivity index (χ3n) is 4.71. The molecule has 0 saturated carbocycles. The molecular formula is C23H16ClN3. The zero-order chi connectivity index (χ0) is 18.2. The summed E-state index contributed by atoms with van der Waals surface area (Å²) in [6.07, 6.45) is 2.00. The monoisotopic (exact) mass is 369 g/mol. The number of nitrogens with one attached hydrogen (secondary N) is 2. The average Bonchev–Trinajstić information content (AvgIpc) is 3.33. The maximum absolute atomic E-state index is 6.23. The van der Waals surface area contributed by atoms with E-state index in [0.29, 0.717) is 5.02 Å². The number of fused-ring (bicyclic) bond motifs is 1. The molecule has 0 fully saturated rings. The third-order valence-corrected chi connectivity index (χ3v) is 4.94. The number of para-hydroxylation sites is 1. The molecule has 0 spiro atoms. The first-order chi connectivity index (χ1) is 13.3. The number of hydrogen-bond acceptors (Lipinski definition) is 1. The molecule has 2 aromatic heterocycles. The van der Waals surface area contributed by atoms with Crippen LogP contribution in [0.3, 0.4) is 0 Å². The van der Waals surface area contributed by atoms with Gasteiger partial charge in [0, 0.05) is 38.8 Å². The zero-order valence-electron chi connectivity index (χ0n) is 14.4. The van der Waals surface area contributed by atoms with Crippen LogP contribution in [-0.4, -0.2) is 15.0 Å². The molecule has 0 aliphatic heterocycles. The molecule has 5 rings (SSSR count). The van der Waals surface area contributed by atoms with Gasteiger partial charge in [-0.1, -0.05) is 72.3 Å². The summed E-state index contributed by atoms with van der Waals surface area (Å²) in [7, 11) is 0. The second-order valence-electron chi connectivity index (χ2n) is 6.43. The van der Waals surface area contributed by atoms with Gasteiger partial charge in [-0.2, -0.15) is 0 Å². The van der Waals surface area contributed by atoms with Crippen molar-refractivity contribution in [2.45, 2.75) is 0 Å². The molecule has 0 atom stereocenters. The molecule has 3 aromatic carbocycles. The van der Waals surface area contributed by atoms with E-state index in [-0.39, 0.29) is 0 Å². The molecule has 0 bridgehead atoms. The van der Waals surface area contributed by atoms with Gasteiger partial charge in [-0.05, 0) is 18.2 Å². The van der Waals surface area contributed by atoms with Crippen LogP contribution < -0.4 is 0 Å². The summed E-state index contributed by atoms with van der Waals surface area (Å²) in [6, 6.07) is 26.3. The fourth-order valence-electron chi connectivity index (χ4n) is 3.43. The Morgan fingerprint density at radius 2 is 1.56 bits per heavy atom. The molecule has 4 heteroatoms. The minimum absolute atomic E-state index is 0.697. The average molecular weight is 370 g/mol. The van der Waals surface area contributed by atoms with Crippen molar-refractivity contribution in [3.05, 3.63) is 90.1 Å². The summed E-state index contributed by atoms with van der Waals surface area (Å²) in [5, 5.41) is 1.84. The standard InChI is InChI=1S/C23H16ClN3/c24-17-10-6-9-16(13-17)22-21(15-7-2-1-3-8-15)26-23(27-22)19-14-25-20-12-5-4-11-18(19)20/h1-14,25H,(H,26,27). The maximum atomic E-state index is 6.23. The molecule has 2 heterocycles. The van der Waals surface area contributed by atoms with Crippen molar-refractivity contribution in [2.75, 3.05) is 0 Å². The molecule has 0 saturated heterocycles. The smallest absolute Gasteiger partial charge is 0.140 e. The first-order valence-electron chi connectivity index (χ1n) is 8.77. The van der Waals surface area contributed by atoms with Crippen molar-refractivity contribution < 1.29 is 0 Å². The van der Waals surface area contributed by atoms with Crippen LogP contribution in [0.15, 0.2) is 85.1 Å². The highest BCUT2D eigenvalue weighted by atomic mass is 35.5. The van der Waals surface area contributed by atoms with E-state index in [0.717, 1.165) is 44.8 Å². The van der Waals surface area contributed by atoms with Gasteiger partial charge in [0.1, 0.15) is 5.82 Å². The minimum Gasteiger partial charge on any atom is -0.360 e. The summed E-state index contributed by atoms with van der Waals surface area (Å²) in [5.41, 5.74) is 6.10. The van der Waals surface area contributed by atoms with Gasteiger partial charge in [0.25, 0.3) is 0 Å². The van der Waals surface area contributed by atoms with Crippen molar-refractivity contribution >= 4 is 22.5 Å². The molecule has 27 heavy (non-hydrogen) atoms. The number of rotatable bonds is 3. The van der Waals surface area contributed by atoms with Crippen LogP contribution in [-0.2, 0) is 0 Å². The van der Waals surface area contributed by atoms with Crippen molar-refractivity contribution in [1.29, 1.82) is 0 Å². The van der Waals surface area contributed by atoms with Crippen LogP contribution in [0.4, 0.5) is 0 Å². The summed E-state index contributed by atoms with van der Waals surface area (Å²) >= 11 is 6.23. The van der Waals surface area contributed by atoms with Crippen molar-refractivity contribution in [2.24, 2.45) is 0 Å². The number of imidazole rings is 1. The summed E-state index contributed by atoms with van der Waals surface area (Å²) in [6.45, 7) is 0. The van der Waals surface area contributed by atoms with Crippen molar-refractivity contribution in [3.8, 4) is 33.9 Å². The van der Waals surface area contributed by atoms with Crippen molar-refractivity contribution in [1.82, 2.24) is 15.0 Å². The number of nitrogens with zero attached hydrogens (tertiary/aromatic N) is 1. The Morgan fingerprint density at radius 1 is 0.778 bits per heavy atom. The summed E-state index contributed by atoms with van der Waals surface area (Å²) in [5.74, 6) is 0.835. The minimum atomic E-state index is 0.697. The lowest BCUT2D eigenvalue weighted by atomic mass is 10.1. The zero-order valence-corrected chi connectivity index (χ0v) is 15.2. The molecular weight excluding hydrogens is 354 g/mol. The van der Waals surface area contributed by atoms with E-state index in [2.05, 4.69) is 34.2 Å². The first kappa shape index (κ1) is 15.9. The molecule has 130 valence electrons. The highest BCUT2D eigenvalue weighted by Crippen LogP contribution is 2.35. The number of H-pyrrole nitrogens is 2. The van der Waals surface area contributed by atoms with E-state index in [1.807, 2.05) is 60.8 Å². The molecule has 0 amide bonds. The fraction of sp³-hybridized carbons (Fsp3) is 0. The Bertz CT molecular complexity index is 1230. The summed E-state index contributed by atoms with van der Waals surface area (Å²) < 4.78 is 0. The van der Waals surface area contributed by atoms with Gasteiger partial charge in [-0.25, -0.2) is 4.98 Å². The van der Waals surface area contributed by atoms with E-state index < -0.39 is 0 Å². The van der Waals surface area contributed by atoms with Gasteiger partial charge in [-0.15, -0.1) is 0 Å². The number of halogens is 1. The first-order valence-corrected chi connectivity index (χ1v) is 9.15. The number of aromatic nitrogens is 3. The molecule has 0 unspecified atom stereocenters. The Kier molecular flexibility index (Phi) is 3.80. The van der Waals surface area contributed by atoms with Gasteiger partial charge in [0.05, 0.1) is 11.4 Å². The van der Waals surface area contributed by atoms with Crippen LogP contribution in [0, 0.1) is 0 Å². The lowest BCUT2D eigenvalue weighted by Gasteiger charge is -2.03. The summed E-state index contributed by atoms with van der Waals surface area (Å²) in [4.78, 5) is 11.8. The quantitative estimate of drug-likeness (QED) is 0.372. The van der Waals surface area contributed by atoms with Crippen molar-refractivity contribution in [3.63, 3.8) is 0 Å². The topological polar surface area (TPSA) is 44.5 Å². The third kappa shape index (κ3) is 2.82. The van der Waals surface area contributed by atoms with Crippen LogP contribution in [0.25, 0.3) is 44.8 Å². The predicted molar refractivity (Wildman–Crippen MR) is 112 cm³/mol. The normalized spacial score (nSPS) is 11.1. The van der Waals surface area contributed by atoms with Crippen LogP contribution in [0.2, 0.25) is 5.02 Å². The second kappa shape index (κ2) is 6.45. The van der Waals surface area contributed by atoms with Gasteiger partial charge in [0.2, 0.25) is 0 Å². The van der Waals surface area contributed by atoms with E-state index in [9.17, 15) is 0 Å². The Morgan fingerprint density at radius 3 is 2.41 bits per heavy atom. The van der Waals surface area contributed by atoms with E-state index in [4.69, 9.17) is 16.6 Å². The second-order valence-corrected chi connectivity index (χ2v) is 6.87. The lowest BCUT2D eigenvalue weighted by molar-refractivity contribution is 1.31. The Hall–Kier alpha value is -3.30. The number of benzene rings is 3. The van der Waals surface area contributed by atoms with E-state index >= 15 is 0 Å². The Balaban J connectivity index is 1.75.